The summed E-state index contributed by atoms with van der Waals surface area (Å²) >= 11 is 0. The van der Waals surface area contributed by atoms with Crippen LogP contribution < -0.4 is 14.8 Å². The lowest BCUT2D eigenvalue weighted by Gasteiger charge is -2.12. The first-order valence-electron chi connectivity index (χ1n) is 9.84. The first kappa shape index (κ1) is 24.3. The Balaban J connectivity index is 1.75. The smallest absolute Gasteiger partial charge is 0.261 e. The van der Waals surface area contributed by atoms with Crippen LogP contribution in [-0.2, 0) is 26.4 Å². The molecular weight excluding hydrogens is 464 g/mol. The first-order chi connectivity index (χ1) is 15.5. The maximum Gasteiger partial charge on any atom is 0.261 e. The molecule has 174 valence electrons. The molecule has 0 saturated heterocycles. The van der Waals surface area contributed by atoms with E-state index in [-0.39, 0.29) is 21.9 Å². The lowest BCUT2D eigenvalue weighted by molar-refractivity contribution is 0.0950. The third-order valence-corrected chi connectivity index (χ3v) is 7.42. The average molecular weight is 489 g/mol. The molecule has 8 nitrogen and oxygen atoms in total. The van der Waals surface area contributed by atoms with E-state index in [2.05, 4.69) is 10.0 Å². The van der Waals surface area contributed by atoms with Crippen LogP contribution in [-0.4, -0.2) is 36.1 Å². The van der Waals surface area contributed by atoms with Crippen LogP contribution in [0.3, 0.4) is 0 Å². The summed E-state index contributed by atoms with van der Waals surface area (Å²) in [4.78, 5) is 12.9. The average Bonchev–Trinajstić information content (AvgIpc) is 2.77. The third kappa shape index (κ3) is 6.11. The van der Waals surface area contributed by atoms with Gasteiger partial charge < -0.3 is 10.1 Å². The van der Waals surface area contributed by atoms with E-state index in [0.29, 0.717) is 22.6 Å². The van der Waals surface area contributed by atoms with E-state index in [1.165, 1.54) is 31.4 Å². The molecule has 3 rings (SSSR count). The second kappa shape index (κ2) is 9.63. The Labute approximate surface area is 193 Å². The van der Waals surface area contributed by atoms with Gasteiger partial charge in [-0.15, -0.1) is 0 Å². The number of sulfone groups is 1. The van der Waals surface area contributed by atoms with Crippen molar-refractivity contribution in [2.24, 2.45) is 0 Å². The number of amides is 1. The van der Waals surface area contributed by atoms with E-state index in [0.717, 1.165) is 6.26 Å². The minimum Gasteiger partial charge on any atom is -0.497 e. The largest absolute Gasteiger partial charge is 0.497 e. The molecule has 3 aromatic rings. The molecule has 1 amide bonds. The lowest BCUT2D eigenvalue weighted by Crippen LogP contribution is -2.24. The molecule has 0 fully saturated rings. The number of nitrogens with one attached hydrogen (secondary N) is 2. The SMILES string of the molecule is COc1ccc(NS(=O)(=O)c2ccc(C)c(C(=O)NCc3ccc(S(C)(=O)=O)cc3)c2)cc1. The van der Waals surface area contributed by atoms with Gasteiger partial charge >= 0.3 is 0 Å². The van der Waals surface area contributed by atoms with E-state index in [9.17, 15) is 21.6 Å². The minimum absolute atomic E-state index is 0.0495. The summed E-state index contributed by atoms with van der Waals surface area (Å²) in [6.45, 7) is 1.87. The summed E-state index contributed by atoms with van der Waals surface area (Å²) in [5.74, 6) is 0.152. The molecule has 0 bridgehead atoms. The topological polar surface area (TPSA) is 119 Å². The van der Waals surface area contributed by atoms with Gasteiger partial charge in [-0.3, -0.25) is 9.52 Å². The fourth-order valence-electron chi connectivity index (χ4n) is 3.02. The van der Waals surface area contributed by atoms with E-state index >= 15 is 0 Å². The standard InChI is InChI=1S/C23H24N2O6S2/c1-16-4-11-21(33(29,30)25-18-7-9-19(31-2)10-8-18)14-22(16)23(26)24-15-17-5-12-20(13-6-17)32(3,27)28/h4-14,25H,15H2,1-3H3,(H,24,26). The quantitative estimate of drug-likeness (QED) is 0.503. The number of anilines is 1. The predicted molar refractivity (Wildman–Crippen MR) is 126 cm³/mol. The normalized spacial score (nSPS) is 11.6. The van der Waals surface area contributed by atoms with Gasteiger partial charge in [-0.25, -0.2) is 16.8 Å². The number of sulfonamides is 1. The van der Waals surface area contributed by atoms with Gasteiger partial charge in [0.25, 0.3) is 15.9 Å². The van der Waals surface area contributed by atoms with Crippen molar-refractivity contribution in [2.75, 3.05) is 18.1 Å². The molecule has 0 radical (unpaired) electrons. The van der Waals surface area contributed by atoms with Crippen LogP contribution >= 0.6 is 0 Å². The van der Waals surface area contributed by atoms with Gasteiger partial charge in [-0.05, 0) is 66.6 Å². The summed E-state index contributed by atoms with van der Waals surface area (Å²) in [6, 6.07) is 16.9. The van der Waals surface area contributed by atoms with Crippen molar-refractivity contribution < 1.29 is 26.4 Å². The number of ether oxygens (including phenoxy) is 1. The molecule has 2 N–H and O–H groups in total. The van der Waals surface area contributed by atoms with E-state index in [1.54, 1.807) is 49.4 Å². The maximum atomic E-state index is 12.8. The van der Waals surface area contributed by atoms with Gasteiger partial charge in [-0.1, -0.05) is 18.2 Å². The summed E-state index contributed by atoms with van der Waals surface area (Å²) in [5, 5.41) is 2.74. The van der Waals surface area contributed by atoms with Gasteiger partial charge in [0.05, 0.1) is 16.9 Å². The summed E-state index contributed by atoms with van der Waals surface area (Å²) in [5.41, 5.74) is 1.90. The number of methoxy groups -OCH3 is 1. The van der Waals surface area contributed by atoms with Crippen LogP contribution in [0.15, 0.2) is 76.5 Å². The molecule has 3 aromatic carbocycles. The van der Waals surface area contributed by atoms with Crippen LogP contribution in [0.4, 0.5) is 5.69 Å². The first-order valence-corrected chi connectivity index (χ1v) is 13.2. The van der Waals surface area contributed by atoms with Crippen LogP contribution in [0.2, 0.25) is 0 Å². The number of carbonyl (C=O) groups is 1. The predicted octanol–water partition coefficient (Wildman–Crippen LogP) is 3.14. The third-order valence-electron chi connectivity index (χ3n) is 4.91. The molecular formula is C23H24N2O6S2. The molecule has 0 aliphatic heterocycles. The van der Waals surface area contributed by atoms with Gasteiger partial charge in [0.1, 0.15) is 5.75 Å². The highest BCUT2D eigenvalue weighted by atomic mass is 32.2. The van der Waals surface area contributed by atoms with Crippen LogP contribution in [0.1, 0.15) is 21.5 Å². The summed E-state index contributed by atoms with van der Waals surface area (Å²) < 4.78 is 56.3. The number of hydrogen-bond acceptors (Lipinski definition) is 6. The Morgan fingerprint density at radius 1 is 0.879 bits per heavy atom. The number of carbonyl (C=O) groups excluding carboxylic acids is 1. The molecule has 10 heteroatoms. The number of benzene rings is 3. The van der Waals surface area contributed by atoms with Crippen LogP contribution in [0.25, 0.3) is 0 Å². The van der Waals surface area contributed by atoms with Crippen molar-refractivity contribution in [2.45, 2.75) is 23.3 Å². The van der Waals surface area contributed by atoms with Crippen LogP contribution in [0, 0.1) is 6.92 Å². The van der Waals surface area contributed by atoms with Gasteiger partial charge in [-0.2, -0.15) is 0 Å². The Kier molecular flexibility index (Phi) is 7.09. The van der Waals surface area contributed by atoms with Crippen molar-refractivity contribution in [1.29, 1.82) is 0 Å². The fourth-order valence-corrected chi connectivity index (χ4v) is 4.73. The number of aryl methyl sites for hydroxylation is 1. The molecule has 0 unspecified atom stereocenters. The van der Waals surface area contributed by atoms with E-state index < -0.39 is 25.8 Å². The van der Waals surface area contributed by atoms with Gasteiger partial charge in [0, 0.05) is 24.1 Å². The second-order valence-electron chi connectivity index (χ2n) is 7.41. The molecule has 0 aliphatic rings. The molecule has 0 saturated carbocycles. The maximum absolute atomic E-state index is 12.8. The highest BCUT2D eigenvalue weighted by Gasteiger charge is 2.18. The number of hydrogen-bond donors (Lipinski definition) is 2. The van der Waals surface area contributed by atoms with Gasteiger partial charge in [0.15, 0.2) is 9.84 Å². The molecule has 0 heterocycles. The monoisotopic (exact) mass is 488 g/mol. The minimum atomic E-state index is -3.92. The summed E-state index contributed by atoms with van der Waals surface area (Å²) in [6.07, 6.45) is 1.12. The molecule has 33 heavy (non-hydrogen) atoms. The highest BCUT2D eigenvalue weighted by molar-refractivity contribution is 7.92. The zero-order valence-corrected chi connectivity index (χ0v) is 20.0. The molecule has 0 aliphatic carbocycles. The zero-order chi connectivity index (χ0) is 24.2. The lowest BCUT2D eigenvalue weighted by atomic mass is 10.1. The van der Waals surface area contributed by atoms with Crippen molar-refractivity contribution in [3.63, 3.8) is 0 Å². The van der Waals surface area contributed by atoms with Crippen molar-refractivity contribution in [3.8, 4) is 5.75 Å². The van der Waals surface area contributed by atoms with Gasteiger partial charge in [0.2, 0.25) is 0 Å². The summed E-state index contributed by atoms with van der Waals surface area (Å²) in [7, 11) is -5.70. The highest BCUT2D eigenvalue weighted by Crippen LogP contribution is 2.21. The Bertz CT molecular complexity index is 1370. The van der Waals surface area contributed by atoms with Crippen LogP contribution in [0.5, 0.6) is 5.75 Å². The van der Waals surface area contributed by atoms with Crippen molar-refractivity contribution >= 4 is 31.5 Å². The Hall–Kier alpha value is -3.37. The molecule has 0 aromatic heterocycles. The molecule has 0 spiro atoms. The van der Waals surface area contributed by atoms with Crippen molar-refractivity contribution in [1.82, 2.24) is 5.32 Å². The Morgan fingerprint density at radius 2 is 1.48 bits per heavy atom. The van der Waals surface area contributed by atoms with Crippen molar-refractivity contribution in [3.05, 3.63) is 83.4 Å². The Morgan fingerprint density at radius 3 is 2.06 bits per heavy atom. The van der Waals surface area contributed by atoms with E-state index in [4.69, 9.17) is 4.74 Å². The van der Waals surface area contributed by atoms with E-state index in [1.807, 2.05) is 0 Å². The second-order valence-corrected chi connectivity index (χ2v) is 11.1. The fraction of sp³-hybridized carbons (Fsp3) is 0.174. The number of rotatable bonds is 8. The molecule has 0 atom stereocenters. The zero-order valence-electron chi connectivity index (χ0n) is 18.3.